The minimum absolute atomic E-state index is 0.539. The minimum Gasteiger partial charge on any atom is -0.326 e. The van der Waals surface area contributed by atoms with Gasteiger partial charge in [-0.2, -0.15) is 0 Å². The van der Waals surface area contributed by atoms with Gasteiger partial charge in [-0.25, -0.2) is 4.98 Å². The third kappa shape index (κ3) is 3.22. The number of benzene rings is 1. The largest absolute Gasteiger partial charge is 0.326 e. The van der Waals surface area contributed by atoms with E-state index in [2.05, 4.69) is 30.1 Å². The average Bonchev–Trinajstić information content (AvgIpc) is 2.34. The van der Waals surface area contributed by atoms with E-state index in [1.165, 1.54) is 5.56 Å². The molecule has 0 saturated carbocycles. The highest BCUT2D eigenvalue weighted by atomic mass is 35.5. The Labute approximate surface area is 110 Å². The van der Waals surface area contributed by atoms with Crippen molar-refractivity contribution < 1.29 is 0 Å². The summed E-state index contributed by atoms with van der Waals surface area (Å²) in [5.74, 6) is 0. The molecule has 1 aromatic heterocycles. The summed E-state index contributed by atoms with van der Waals surface area (Å²) in [5, 5.41) is 1.57. The highest BCUT2D eigenvalue weighted by Crippen LogP contribution is 2.29. The number of hydrogen-bond acceptors (Lipinski definition) is 3. The molecule has 1 aromatic carbocycles. The molecule has 2 rings (SSSR count). The zero-order valence-corrected chi connectivity index (χ0v) is 11.1. The second-order valence-electron chi connectivity index (χ2n) is 3.73. The molecule has 0 unspecified atom stereocenters. The Morgan fingerprint density at radius 3 is 2.76 bits per heavy atom. The maximum absolute atomic E-state index is 5.80. The van der Waals surface area contributed by atoms with E-state index in [0.717, 1.165) is 15.5 Å². The zero-order chi connectivity index (χ0) is 12.3. The summed E-state index contributed by atoms with van der Waals surface area (Å²) < 4.78 is 0. The number of aryl methyl sites for hydroxylation is 1. The Morgan fingerprint density at radius 2 is 2.12 bits per heavy atom. The van der Waals surface area contributed by atoms with Crippen LogP contribution in [-0.2, 0) is 6.54 Å². The van der Waals surface area contributed by atoms with Crippen LogP contribution in [0.4, 0.5) is 0 Å². The molecule has 2 N–H and O–H groups in total. The van der Waals surface area contributed by atoms with Gasteiger partial charge in [-0.1, -0.05) is 41.1 Å². The van der Waals surface area contributed by atoms with E-state index >= 15 is 0 Å². The molecule has 0 atom stereocenters. The van der Waals surface area contributed by atoms with Crippen molar-refractivity contribution >= 4 is 23.4 Å². The summed E-state index contributed by atoms with van der Waals surface area (Å²) in [7, 11) is 0. The van der Waals surface area contributed by atoms with Gasteiger partial charge in [-0.3, -0.25) is 0 Å². The van der Waals surface area contributed by atoms with E-state index in [0.29, 0.717) is 11.6 Å². The van der Waals surface area contributed by atoms with Crippen LogP contribution in [0.1, 0.15) is 11.1 Å². The lowest BCUT2D eigenvalue weighted by molar-refractivity contribution is 1.02. The Bertz CT molecular complexity index is 511. The maximum Gasteiger partial charge on any atom is 0.101 e. The van der Waals surface area contributed by atoms with Gasteiger partial charge < -0.3 is 5.73 Å². The second-order valence-corrected chi connectivity index (χ2v) is 5.23. The van der Waals surface area contributed by atoms with Gasteiger partial charge in [0.15, 0.2) is 0 Å². The third-order valence-corrected chi connectivity index (χ3v) is 3.64. The smallest absolute Gasteiger partial charge is 0.101 e. The Balaban J connectivity index is 2.26. The third-order valence-electron chi connectivity index (χ3n) is 2.35. The van der Waals surface area contributed by atoms with Crippen molar-refractivity contribution in [1.29, 1.82) is 0 Å². The summed E-state index contributed by atoms with van der Waals surface area (Å²) in [4.78, 5) is 5.41. The van der Waals surface area contributed by atoms with Crippen LogP contribution in [0, 0.1) is 6.92 Å². The van der Waals surface area contributed by atoms with Crippen molar-refractivity contribution in [3.8, 4) is 0 Å². The van der Waals surface area contributed by atoms with Gasteiger partial charge in [0.1, 0.15) is 5.03 Å². The van der Waals surface area contributed by atoms with E-state index < -0.39 is 0 Å². The molecule has 0 aliphatic carbocycles. The van der Waals surface area contributed by atoms with Crippen LogP contribution in [0.3, 0.4) is 0 Å². The standard InChI is InChI=1S/C13H13ClN2S/c1-9-2-4-12(10(6-9)7-15)17-13-5-3-11(14)8-16-13/h2-6,8H,7,15H2,1H3. The number of hydrogen-bond donors (Lipinski definition) is 1. The first-order chi connectivity index (χ1) is 8.19. The van der Waals surface area contributed by atoms with Crippen molar-refractivity contribution in [2.75, 3.05) is 0 Å². The van der Waals surface area contributed by atoms with Gasteiger partial charge >= 0.3 is 0 Å². The molecule has 0 amide bonds. The van der Waals surface area contributed by atoms with E-state index in [9.17, 15) is 0 Å². The first kappa shape index (κ1) is 12.4. The first-order valence-electron chi connectivity index (χ1n) is 5.28. The SMILES string of the molecule is Cc1ccc(Sc2ccc(Cl)cn2)c(CN)c1. The van der Waals surface area contributed by atoms with Crippen LogP contribution in [0.15, 0.2) is 46.5 Å². The fourth-order valence-corrected chi connectivity index (χ4v) is 2.49. The van der Waals surface area contributed by atoms with E-state index in [1.54, 1.807) is 18.0 Å². The molecule has 0 radical (unpaired) electrons. The normalized spacial score (nSPS) is 10.5. The highest BCUT2D eigenvalue weighted by Gasteiger charge is 2.04. The van der Waals surface area contributed by atoms with Gasteiger partial charge in [0.2, 0.25) is 0 Å². The minimum atomic E-state index is 0.539. The monoisotopic (exact) mass is 264 g/mol. The molecule has 0 saturated heterocycles. The quantitative estimate of drug-likeness (QED) is 0.920. The van der Waals surface area contributed by atoms with Gasteiger partial charge in [0, 0.05) is 17.6 Å². The molecule has 0 spiro atoms. The zero-order valence-electron chi connectivity index (χ0n) is 9.48. The summed E-state index contributed by atoms with van der Waals surface area (Å²) in [6.07, 6.45) is 1.65. The van der Waals surface area contributed by atoms with Gasteiger partial charge in [-0.05, 0) is 30.7 Å². The highest BCUT2D eigenvalue weighted by molar-refractivity contribution is 7.99. The topological polar surface area (TPSA) is 38.9 Å². The van der Waals surface area contributed by atoms with E-state index in [4.69, 9.17) is 17.3 Å². The van der Waals surface area contributed by atoms with Crippen molar-refractivity contribution in [2.45, 2.75) is 23.4 Å². The fourth-order valence-electron chi connectivity index (χ4n) is 1.50. The second kappa shape index (κ2) is 5.54. The van der Waals surface area contributed by atoms with Crippen LogP contribution in [-0.4, -0.2) is 4.98 Å². The number of aromatic nitrogens is 1. The molecule has 1 heterocycles. The maximum atomic E-state index is 5.80. The molecule has 0 aliphatic rings. The lowest BCUT2D eigenvalue weighted by Crippen LogP contribution is -1.98. The van der Waals surface area contributed by atoms with E-state index in [-0.39, 0.29) is 0 Å². The van der Waals surface area contributed by atoms with Crippen molar-refractivity contribution in [3.63, 3.8) is 0 Å². The van der Waals surface area contributed by atoms with E-state index in [1.807, 2.05) is 12.1 Å². The van der Waals surface area contributed by atoms with Gasteiger partial charge in [0.05, 0.1) is 5.02 Å². The lowest BCUT2D eigenvalue weighted by atomic mass is 10.1. The van der Waals surface area contributed by atoms with Crippen LogP contribution < -0.4 is 5.73 Å². The molecule has 2 nitrogen and oxygen atoms in total. The molecule has 4 heteroatoms. The van der Waals surface area contributed by atoms with Crippen molar-refractivity contribution in [1.82, 2.24) is 4.98 Å². The first-order valence-corrected chi connectivity index (χ1v) is 6.47. The van der Waals surface area contributed by atoms with Gasteiger partial charge in [0.25, 0.3) is 0 Å². The number of nitrogens with two attached hydrogens (primary N) is 1. The number of rotatable bonds is 3. The number of halogens is 1. The molecule has 88 valence electrons. The molecular weight excluding hydrogens is 252 g/mol. The summed E-state index contributed by atoms with van der Waals surface area (Å²) in [6, 6.07) is 10.0. The molecule has 2 aromatic rings. The molecule has 0 fully saturated rings. The van der Waals surface area contributed by atoms with Crippen molar-refractivity contribution in [3.05, 3.63) is 52.7 Å². The molecular formula is C13H13ClN2S. The fraction of sp³-hybridized carbons (Fsp3) is 0.154. The van der Waals surface area contributed by atoms with Crippen molar-refractivity contribution in [2.24, 2.45) is 5.73 Å². The molecule has 17 heavy (non-hydrogen) atoms. The number of nitrogens with zero attached hydrogens (tertiary/aromatic N) is 1. The van der Waals surface area contributed by atoms with Gasteiger partial charge in [-0.15, -0.1) is 0 Å². The Morgan fingerprint density at radius 1 is 1.29 bits per heavy atom. The number of pyridine rings is 1. The average molecular weight is 265 g/mol. The Kier molecular flexibility index (Phi) is 4.05. The van der Waals surface area contributed by atoms with Crippen LogP contribution in [0.5, 0.6) is 0 Å². The predicted octanol–water partition coefficient (Wildman–Crippen LogP) is 3.65. The summed E-state index contributed by atoms with van der Waals surface area (Å²) >= 11 is 7.41. The predicted molar refractivity (Wildman–Crippen MR) is 72.4 cm³/mol. The van der Waals surface area contributed by atoms with Crippen LogP contribution >= 0.6 is 23.4 Å². The van der Waals surface area contributed by atoms with Crippen LogP contribution in [0.25, 0.3) is 0 Å². The summed E-state index contributed by atoms with van der Waals surface area (Å²) in [5.41, 5.74) is 8.11. The van der Waals surface area contributed by atoms with Crippen LogP contribution in [0.2, 0.25) is 5.02 Å². The molecule has 0 bridgehead atoms. The molecule has 0 aliphatic heterocycles. The summed E-state index contributed by atoms with van der Waals surface area (Å²) in [6.45, 7) is 2.60. The lowest BCUT2D eigenvalue weighted by Gasteiger charge is -2.07. The Hall–Kier alpha value is -1.03.